The minimum atomic E-state index is 0.331. The van der Waals surface area contributed by atoms with Crippen molar-refractivity contribution in [3.63, 3.8) is 0 Å². The highest BCUT2D eigenvalue weighted by Crippen LogP contribution is 2.30. The molecule has 0 atom stereocenters. The summed E-state index contributed by atoms with van der Waals surface area (Å²) in [6.45, 7) is 4.16. The fourth-order valence-electron chi connectivity index (χ4n) is 1.34. The Morgan fingerprint density at radius 3 is 2.75 bits per heavy atom. The van der Waals surface area contributed by atoms with Crippen molar-refractivity contribution >= 4 is 35.2 Å². The molecule has 5 heteroatoms. The van der Waals surface area contributed by atoms with E-state index in [1.165, 1.54) is 11.3 Å². The molecule has 2 rings (SSSR count). The first kappa shape index (κ1) is 11.8. The van der Waals surface area contributed by atoms with E-state index in [1.807, 2.05) is 18.2 Å². The summed E-state index contributed by atoms with van der Waals surface area (Å²) < 4.78 is 1.39. The number of H-pyrrole nitrogens is 1. The number of hydrogen-bond donors (Lipinski definition) is 1. The van der Waals surface area contributed by atoms with E-state index in [9.17, 15) is 0 Å². The number of rotatable bonds is 2. The van der Waals surface area contributed by atoms with Gasteiger partial charge in [0, 0.05) is 5.92 Å². The van der Waals surface area contributed by atoms with E-state index in [1.54, 1.807) is 0 Å². The van der Waals surface area contributed by atoms with Gasteiger partial charge < -0.3 is 4.98 Å². The van der Waals surface area contributed by atoms with Gasteiger partial charge >= 0.3 is 0 Å². The van der Waals surface area contributed by atoms with Gasteiger partial charge in [-0.1, -0.05) is 37.7 Å². The first-order chi connectivity index (χ1) is 7.56. The van der Waals surface area contributed by atoms with Crippen LogP contribution >= 0.6 is 35.2 Å². The number of nitrogens with one attached hydrogen (secondary N) is 1. The molecule has 2 aromatic heterocycles. The van der Waals surface area contributed by atoms with Crippen LogP contribution in [0.1, 0.15) is 25.6 Å². The minimum absolute atomic E-state index is 0.331. The van der Waals surface area contributed by atoms with Crippen LogP contribution in [0.2, 0.25) is 4.34 Å². The van der Waals surface area contributed by atoms with Gasteiger partial charge in [0.1, 0.15) is 10.5 Å². The molecule has 0 amide bonds. The van der Waals surface area contributed by atoms with E-state index >= 15 is 0 Å². The summed E-state index contributed by atoms with van der Waals surface area (Å²) in [5, 5.41) is 0. The van der Waals surface area contributed by atoms with Gasteiger partial charge in [0.25, 0.3) is 0 Å². The largest absolute Gasteiger partial charge is 0.342 e. The Kier molecular flexibility index (Phi) is 3.42. The molecule has 16 heavy (non-hydrogen) atoms. The number of aromatic nitrogens is 2. The predicted octanol–water partition coefficient (Wildman–Crippen LogP) is 4.64. The lowest BCUT2D eigenvalue weighted by Crippen LogP contribution is -1.98. The quantitative estimate of drug-likeness (QED) is 0.805. The molecule has 0 fully saturated rings. The number of aromatic amines is 1. The van der Waals surface area contributed by atoms with Gasteiger partial charge in [-0.05, 0) is 18.2 Å². The van der Waals surface area contributed by atoms with Gasteiger partial charge in [0.05, 0.1) is 14.9 Å². The zero-order chi connectivity index (χ0) is 11.7. The highest BCUT2D eigenvalue weighted by molar-refractivity contribution is 7.71. The molecule has 0 radical (unpaired) electrons. The lowest BCUT2D eigenvalue weighted by atomic mass is 10.2. The molecule has 2 aromatic rings. The van der Waals surface area contributed by atoms with Crippen molar-refractivity contribution in [2.45, 2.75) is 19.8 Å². The fourth-order valence-corrected chi connectivity index (χ4v) is 2.57. The van der Waals surface area contributed by atoms with E-state index in [2.05, 4.69) is 23.8 Å². The third-order valence-corrected chi connectivity index (χ3v) is 3.62. The van der Waals surface area contributed by atoms with Gasteiger partial charge in [-0.2, -0.15) is 0 Å². The van der Waals surface area contributed by atoms with Crippen LogP contribution in [0, 0.1) is 4.64 Å². The van der Waals surface area contributed by atoms with Crippen molar-refractivity contribution in [1.82, 2.24) is 9.97 Å². The van der Waals surface area contributed by atoms with E-state index in [-0.39, 0.29) is 0 Å². The maximum absolute atomic E-state index is 5.92. The summed E-state index contributed by atoms with van der Waals surface area (Å²) >= 11 is 12.6. The summed E-state index contributed by atoms with van der Waals surface area (Å²) in [5.74, 6) is 1.24. The first-order valence-corrected chi connectivity index (χ1v) is 6.53. The molecule has 0 unspecified atom stereocenters. The Hall–Kier alpha value is -0.710. The maximum atomic E-state index is 5.92. The fraction of sp³-hybridized carbons (Fsp3) is 0.273. The second-order valence-corrected chi connectivity index (χ2v) is 5.91. The van der Waals surface area contributed by atoms with Crippen LogP contribution in [0.25, 0.3) is 10.6 Å². The summed E-state index contributed by atoms with van der Waals surface area (Å²) in [6, 6.07) is 5.73. The number of nitrogens with zero attached hydrogens (tertiary/aromatic N) is 1. The molecule has 0 aliphatic carbocycles. The highest BCUT2D eigenvalue weighted by Gasteiger charge is 2.06. The molecule has 0 aliphatic rings. The zero-order valence-electron chi connectivity index (χ0n) is 8.95. The van der Waals surface area contributed by atoms with Crippen molar-refractivity contribution in [2.24, 2.45) is 0 Å². The molecule has 2 nitrogen and oxygen atoms in total. The van der Waals surface area contributed by atoms with Gasteiger partial charge in [-0.15, -0.1) is 11.3 Å². The van der Waals surface area contributed by atoms with Crippen molar-refractivity contribution < 1.29 is 0 Å². The van der Waals surface area contributed by atoms with Gasteiger partial charge in [-0.3, -0.25) is 0 Å². The molecule has 84 valence electrons. The molecule has 2 heterocycles. The summed E-state index contributed by atoms with van der Waals surface area (Å²) in [4.78, 5) is 8.67. The molecular formula is C11H11ClN2S2. The Labute approximate surface area is 108 Å². The van der Waals surface area contributed by atoms with Crippen LogP contribution < -0.4 is 0 Å². The number of halogens is 1. The third-order valence-electron chi connectivity index (χ3n) is 2.15. The van der Waals surface area contributed by atoms with E-state index in [0.29, 0.717) is 10.6 Å². The van der Waals surface area contributed by atoms with E-state index < -0.39 is 0 Å². The van der Waals surface area contributed by atoms with Crippen LogP contribution in [0.3, 0.4) is 0 Å². The molecule has 0 spiro atoms. The Balaban J connectivity index is 2.53. The number of thiophene rings is 1. The second-order valence-electron chi connectivity index (χ2n) is 3.78. The first-order valence-electron chi connectivity index (χ1n) is 4.93. The van der Waals surface area contributed by atoms with E-state index in [4.69, 9.17) is 23.8 Å². The normalized spacial score (nSPS) is 11.0. The summed E-state index contributed by atoms with van der Waals surface area (Å²) in [5.41, 5.74) is 0.987. The minimum Gasteiger partial charge on any atom is -0.342 e. The molecule has 0 aliphatic heterocycles. The van der Waals surface area contributed by atoms with Crippen LogP contribution in [0.4, 0.5) is 0 Å². The standard InChI is InChI=1S/C11H11ClN2S2/c1-6(2)11-13-7(5-10(15)14-11)8-3-4-9(12)16-8/h3-6H,1-2H3,(H,13,14,15). The van der Waals surface area contributed by atoms with Crippen molar-refractivity contribution in [1.29, 1.82) is 0 Å². The van der Waals surface area contributed by atoms with Gasteiger partial charge in [-0.25, -0.2) is 4.98 Å². The topological polar surface area (TPSA) is 28.7 Å². The summed E-state index contributed by atoms with van der Waals surface area (Å²) in [7, 11) is 0. The van der Waals surface area contributed by atoms with Crippen molar-refractivity contribution in [3.8, 4) is 10.6 Å². The molecular weight excluding hydrogens is 260 g/mol. The van der Waals surface area contributed by atoms with Gasteiger partial charge in [0.2, 0.25) is 0 Å². The maximum Gasteiger partial charge on any atom is 0.130 e. The van der Waals surface area contributed by atoms with Crippen LogP contribution in [-0.2, 0) is 0 Å². The molecule has 0 saturated heterocycles. The second kappa shape index (κ2) is 4.65. The SMILES string of the molecule is CC(C)c1nc(=S)cc(-c2ccc(Cl)s2)[nH]1. The van der Waals surface area contributed by atoms with E-state index in [0.717, 1.165) is 20.7 Å². The summed E-state index contributed by atoms with van der Waals surface area (Å²) in [6.07, 6.45) is 0. The van der Waals surface area contributed by atoms with Crippen molar-refractivity contribution in [2.75, 3.05) is 0 Å². The third kappa shape index (κ3) is 2.51. The van der Waals surface area contributed by atoms with Crippen LogP contribution in [0.5, 0.6) is 0 Å². The molecule has 0 aromatic carbocycles. The Morgan fingerprint density at radius 1 is 1.44 bits per heavy atom. The smallest absolute Gasteiger partial charge is 0.130 e. The lowest BCUT2D eigenvalue weighted by Gasteiger charge is -2.06. The molecule has 1 N–H and O–H groups in total. The lowest BCUT2D eigenvalue weighted by molar-refractivity contribution is 0.773. The predicted molar refractivity (Wildman–Crippen MR) is 71.8 cm³/mol. The average Bonchev–Trinajstić information content (AvgIpc) is 2.64. The van der Waals surface area contributed by atoms with Crippen molar-refractivity contribution in [3.05, 3.63) is 33.0 Å². The number of hydrogen-bond acceptors (Lipinski definition) is 3. The molecule has 0 bridgehead atoms. The molecule has 0 saturated carbocycles. The Bertz CT molecular complexity index is 557. The average molecular weight is 271 g/mol. The Morgan fingerprint density at radius 2 is 2.19 bits per heavy atom. The zero-order valence-corrected chi connectivity index (χ0v) is 11.3. The van der Waals surface area contributed by atoms with Crippen LogP contribution in [-0.4, -0.2) is 9.97 Å². The van der Waals surface area contributed by atoms with Gasteiger partial charge in [0.15, 0.2) is 0 Å². The monoisotopic (exact) mass is 270 g/mol. The van der Waals surface area contributed by atoms with Crippen LogP contribution in [0.15, 0.2) is 18.2 Å². The highest BCUT2D eigenvalue weighted by atomic mass is 35.5.